The van der Waals surface area contributed by atoms with E-state index in [-0.39, 0.29) is 39.0 Å². The number of amides is 1. The number of aliphatic hydroxyl groups excluding tert-OH is 2. The summed E-state index contributed by atoms with van der Waals surface area (Å²) in [5, 5.41) is 23.9. The third-order valence-electron chi connectivity index (χ3n) is 10.5. The molecule has 2 bridgehead atoms. The molecule has 3 saturated heterocycles. The van der Waals surface area contributed by atoms with E-state index in [9.17, 15) is 19.5 Å². The van der Waals surface area contributed by atoms with Crippen LogP contribution in [0.3, 0.4) is 0 Å². The number of esters is 2. The molecule has 7 atom stereocenters. The van der Waals surface area contributed by atoms with Gasteiger partial charge in [-0.3, -0.25) is 19.2 Å². The quantitative estimate of drug-likeness (QED) is 0.0960. The second-order valence-corrected chi connectivity index (χ2v) is 15.8. The summed E-state index contributed by atoms with van der Waals surface area (Å²) in [6, 6.07) is 5.73. The summed E-state index contributed by atoms with van der Waals surface area (Å²) in [6.07, 6.45) is 7.91. The van der Waals surface area contributed by atoms with E-state index >= 15 is 0 Å². The molecule has 1 amide bonds. The number of aliphatic hydroxyl groups is 2. The van der Waals surface area contributed by atoms with Crippen LogP contribution in [0, 0.1) is 5.41 Å². The predicted molar refractivity (Wildman–Crippen MR) is 195 cm³/mol. The first kappa shape index (κ1) is 41.1. The van der Waals surface area contributed by atoms with Crippen LogP contribution in [-0.4, -0.2) is 101 Å². The van der Waals surface area contributed by atoms with Crippen molar-refractivity contribution in [2.24, 2.45) is 5.41 Å². The first-order valence-corrected chi connectivity index (χ1v) is 19.5. The van der Waals surface area contributed by atoms with Gasteiger partial charge in [-0.05, 0) is 57.2 Å². The molecule has 0 spiro atoms. The topological polar surface area (TPSA) is 162 Å². The Kier molecular flexibility index (Phi) is 14.0. The average molecular weight is 745 g/mol. The fourth-order valence-corrected chi connectivity index (χ4v) is 8.13. The molecule has 3 aliphatic heterocycles. The number of benzene rings is 1. The molecule has 13 nitrogen and oxygen atoms in total. The molecular weight excluding hydrogens is 684 g/mol. The second kappa shape index (κ2) is 18.0. The number of carbonyl (C=O) groups is 3. The van der Waals surface area contributed by atoms with E-state index in [4.69, 9.17) is 33.6 Å². The zero-order chi connectivity index (χ0) is 38.2. The summed E-state index contributed by atoms with van der Waals surface area (Å²) in [4.78, 5) is 48.2. The molecule has 1 aliphatic carbocycles. The predicted octanol–water partition coefficient (Wildman–Crippen LogP) is 4.71. The number of nitrogens with one attached hydrogen (secondary N) is 1. The number of rotatable bonds is 20. The van der Waals surface area contributed by atoms with Crippen LogP contribution in [0.1, 0.15) is 116 Å². The van der Waals surface area contributed by atoms with Gasteiger partial charge < -0.3 is 39.2 Å². The van der Waals surface area contributed by atoms with Gasteiger partial charge in [0.05, 0.1) is 32.1 Å². The minimum Gasteiger partial charge on any atom is -0.499 e. The molecule has 0 radical (unpaired) electrons. The second-order valence-electron chi connectivity index (χ2n) is 15.8. The fraction of sp³-hybridized carbons (Fsp3) is 0.725. The summed E-state index contributed by atoms with van der Waals surface area (Å²) in [5.41, 5.74) is -0.442. The van der Waals surface area contributed by atoms with Crippen molar-refractivity contribution in [3.63, 3.8) is 0 Å². The highest BCUT2D eigenvalue weighted by atomic mass is 16.8. The molecule has 3 N–H and O–H groups in total. The highest BCUT2D eigenvalue weighted by molar-refractivity contribution is 5.93. The monoisotopic (exact) mass is 744 g/mol. The van der Waals surface area contributed by atoms with Gasteiger partial charge in [0.25, 0.3) is 0 Å². The van der Waals surface area contributed by atoms with Gasteiger partial charge in [-0.15, -0.1) is 0 Å². The Labute approximate surface area is 313 Å². The van der Waals surface area contributed by atoms with Crippen molar-refractivity contribution >= 4 is 23.9 Å². The lowest BCUT2D eigenvalue weighted by Crippen LogP contribution is -2.70. The van der Waals surface area contributed by atoms with Crippen LogP contribution in [-0.2, 0) is 49.5 Å². The third kappa shape index (κ3) is 9.60. The maximum Gasteiger partial charge on any atom is 0.327 e. The van der Waals surface area contributed by atoms with Crippen molar-refractivity contribution in [2.45, 2.75) is 160 Å². The molecule has 3 heterocycles. The lowest BCUT2D eigenvalue weighted by Gasteiger charge is -2.49. The standard InChI is InChI=1S/C40H60N2O11/c1-6-8-10-18-39(19-11-9-7-2)51-32-30-24-40(37(47)41-29(26-44)15-16-31(45)50-38(3,4)5)34(36(46)49-30)42(53-35(40)33(32)52-39)25-28-14-12-13-27(23-28)17-21-48-22-20-43/h12-14,17,21,23,29-30,32-35,43-44H,6-11,15-16,18-20,22,24-26H2,1-5H3,(H,41,47)/t29-,30+,32-,33-,34+,35+,40+/m0/s1. The lowest BCUT2D eigenvalue weighted by atomic mass is 9.62. The van der Waals surface area contributed by atoms with Gasteiger partial charge in [0.1, 0.15) is 42.0 Å². The van der Waals surface area contributed by atoms with Gasteiger partial charge in [-0.1, -0.05) is 63.8 Å². The zero-order valence-electron chi connectivity index (χ0n) is 32.1. The smallest absolute Gasteiger partial charge is 0.327 e. The van der Waals surface area contributed by atoms with Gasteiger partial charge in [0.15, 0.2) is 11.8 Å². The van der Waals surface area contributed by atoms with E-state index in [0.717, 1.165) is 49.7 Å². The van der Waals surface area contributed by atoms with Crippen molar-refractivity contribution in [3.8, 4) is 0 Å². The molecule has 13 heteroatoms. The molecule has 296 valence electrons. The van der Waals surface area contributed by atoms with Crippen molar-refractivity contribution in [2.75, 3.05) is 19.8 Å². The third-order valence-corrected chi connectivity index (χ3v) is 10.5. The van der Waals surface area contributed by atoms with Crippen LogP contribution in [0.15, 0.2) is 30.5 Å². The first-order chi connectivity index (χ1) is 25.4. The Bertz CT molecular complexity index is 1420. The summed E-state index contributed by atoms with van der Waals surface area (Å²) < 4.78 is 30.7. The van der Waals surface area contributed by atoms with Crippen LogP contribution in [0.25, 0.3) is 6.08 Å². The van der Waals surface area contributed by atoms with Gasteiger partial charge in [-0.25, -0.2) is 0 Å². The van der Waals surface area contributed by atoms with Crippen LogP contribution in [0.5, 0.6) is 0 Å². The molecule has 53 heavy (non-hydrogen) atoms. The van der Waals surface area contributed by atoms with Crippen LogP contribution in [0.2, 0.25) is 0 Å². The fourth-order valence-electron chi connectivity index (χ4n) is 8.13. The maximum atomic E-state index is 14.8. The molecule has 1 aromatic carbocycles. The maximum absolute atomic E-state index is 14.8. The van der Waals surface area contributed by atoms with Gasteiger partial charge in [0.2, 0.25) is 5.91 Å². The minimum atomic E-state index is -1.43. The highest BCUT2D eigenvalue weighted by Gasteiger charge is 2.76. The lowest BCUT2D eigenvalue weighted by molar-refractivity contribution is -0.224. The van der Waals surface area contributed by atoms with Gasteiger partial charge >= 0.3 is 11.9 Å². The molecule has 1 aromatic rings. The Morgan fingerprint density at radius 1 is 1.08 bits per heavy atom. The van der Waals surface area contributed by atoms with E-state index < -0.39 is 77.8 Å². The number of fused-ring (bicyclic) bond motifs is 4. The number of hydrogen-bond acceptors (Lipinski definition) is 12. The summed E-state index contributed by atoms with van der Waals surface area (Å²) in [5.74, 6) is -2.38. The van der Waals surface area contributed by atoms with Crippen molar-refractivity contribution in [3.05, 3.63) is 41.7 Å². The minimum absolute atomic E-state index is 0.00849. The summed E-state index contributed by atoms with van der Waals surface area (Å²) in [6.45, 7) is 9.48. The van der Waals surface area contributed by atoms with E-state index in [1.54, 1.807) is 31.9 Å². The Hall–Kier alpha value is -3.07. The van der Waals surface area contributed by atoms with Gasteiger partial charge in [0, 0.05) is 25.7 Å². The molecule has 0 aromatic heterocycles. The molecule has 5 rings (SSSR count). The van der Waals surface area contributed by atoms with Gasteiger partial charge in [-0.2, -0.15) is 5.06 Å². The highest BCUT2D eigenvalue weighted by Crippen LogP contribution is 2.58. The van der Waals surface area contributed by atoms with Crippen molar-refractivity contribution in [1.29, 1.82) is 0 Å². The Balaban J connectivity index is 1.46. The van der Waals surface area contributed by atoms with E-state index in [0.29, 0.717) is 12.8 Å². The van der Waals surface area contributed by atoms with E-state index in [1.165, 1.54) is 6.26 Å². The van der Waals surface area contributed by atoms with Crippen LogP contribution >= 0.6 is 0 Å². The number of hydrogen-bond donors (Lipinski definition) is 3. The molecule has 4 fully saturated rings. The Morgan fingerprint density at radius 3 is 2.45 bits per heavy atom. The zero-order valence-corrected chi connectivity index (χ0v) is 32.1. The molecule has 4 aliphatic rings. The average Bonchev–Trinajstić information content (AvgIpc) is 3.66. The molecule has 1 saturated carbocycles. The van der Waals surface area contributed by atoms with Crippen molar-refractivity contribution < 1.29 is 53.1 Å². The normalized spacial score (nSPS) is 28.1. The van der Waals surface area contributed by atoms with E-state index in [2.05, 4.69) is 19.2 Å². The largest absolute Gasteiger partial charge is 0.499 e. The number of unbranched alkanes of at least 4 members (excludes halogenated alkanes) is 4. The Morgan fingerprint density at radius 2 is 1.79 bits per heavy atom. The summed E-state index contributed by atoms with van der Waals surface area (Å²) in [7, 11) is 0. The van der Waals surface area contributed by atoms with Crippen LogP contribution < -0.4 is 5.32 Å². The SMILES string of the molecule is CCCCCC1(CCCCC)O[C@@H]2[C@H](O1)[C@H]1ON(Cc3cccc(C=COCCO)c3)[C@@H]3C(=O)O[C@@H]2C[C@]13C(=O)N[C@H](CO)CCC(=O)OC(C)(C)C. The van der Waals surface area contributed by atoms with Crippen molar-refractivity contribution in [1.82, 2.24) is 10.4 Å². The van der Waals surface area contributed by atoms with E-state index in [1.807, 2.05) is 24.3 Å². The molecule has 0 unspecified atom stereocenters. The first-order valence-electron chi connectivity index (χ1n) is 19.5. The number of ether oxygens (including phenoxy) is 5. The summed E-state index contributed by atoms with van der Waals surface area (Å²) >= 11 is 0. The number of hydroxylamine groups is 2. The molecular formula is C40H60N2O11. The van der Waals surface area contributed by atoms with Crippen LogP contribution in [0.4, 0.5) is 0 Å². The number of nitrogens with zero attached hydrogens (tertiary/aromatic N) is 1. The number of carbonyl (C=O) groups excluding carboxylic acids is 3.